The maximum absolute atomic E-state index is 4.90. The van der Waals surface area contributed by atoms with Crippen molar-refractivity contribution in [2.24, 2.45) is 22.9 Å². The second kappa shape index (κ2) is 10.3. The van der Waals surface area contributed by atoms with Crippen LogP contribution in [0.5, 0.6) is 0 Å². The van der Waals surface area contributed by atoms with Gasteiger partial charge in [-0.05, 0) is 0 Å². The van der Waals surface area contributed by atoms with Crippen LogP contribution in [0.2, 0.25) is 0 Å². The van der Waals surface area contributed by atoms with Gasteiger partial charge in [-0.15, -0.1) is 0 Å². The topological polar surface area (TPSA) is 155 Å². The Bertz CT molecular complexity index is 129. The van der Waals surface area contributed by atoms with Crippen LogP contribution >= 0.6 is 40.4 Å². The van der Waals surface area contributed by atoms with Gasteiger partial charge in [-0.3, -0.25) is 33.8 Å². The Morgan fingerprint density at radius 3 is 0.769 bits per heavy atom. The molecule has 0 aromatic heterocycles. The number of guanidine groups is 2. The third kappa shape index (κ3) is 26500. The van der Waals surface area contributed by atoms with Crippen molar-refractivity contribution < 1.29 is 20.0 Å². The third-order valence-electron chi connectivity index (χ3n) is 0. The monoisotopic (exact) mass is 323 g/mol. The molecule has 0 aromatic rings. The molecule has 0 saturated carbocycles. The zero-order valence-corrected chi connectivity index (χ0v) is 10.2. The van der Waals surface area contributed by atoms with Gasteiger partial charge in [0.2, 0.25) is 0 Å². The average Bonchev–Trinajstić information content (AvgIpc) is 1.50. The predicted molar refractivity (Wildman–Crippen MR) is 54.0 cm³/mol. The fraction of sp³-hybridized carbons (Fsp3) is 0. The van der Waals surface area contributed by atoms with E-state index in [1.54, 1.807) is 0 Å². The normalized spacial score (nSPS) is 9.54. The van der Waals surface area contributed by atoms with E-state index in [4.69, 9.17) is 40.4 Å². The molecule has 0 aromatic carbocycles. The van der Waals surface area contributed by atoms with Gasteiger partial charge >= 0.3 is 61.5 Å². The molecule has 0 saturated heterocycles. The fourth-order valence-electron chi connectivity index (χ4n) is 0. The fourth-order valence-corrected chi connectivity index (χ4v) is 0. The molecule has 6 nitrogen and oxygen atoms in total. The summed E-state index contributed by atoms with van der Waals surface area (Å²) < 4.78 is 0. The van der Waals surface area contributed by atoms with E-state index in [2.05, 4.69) is 33.8 Å². The minimum atomic E-state index is -2.24. The van der Waals surface area contributed by atoms with Crippen LogP contribution in [0, 0.1) is 0 Å². The summed E-state index contributed by atoms with van der Waals surface area (Å²) in [6.45, 7) is 0. The van der Waals surface area contributed by atoms with E-state index in [0.29, 0.717) is 0 Å². The van der Waals surface area contributed by atoms with Gasteiger partial charge in [0.15, 0.2) is 0 Å². The van der Waals surface area contributed by atoms with Gasteiger partial charge < -0.3 is 0 Å². The van der Waals surface area contributed by atoms with Gasteiger partial charge in [0.05, 0.1) is 0 Å². The van der Waals surface area contributed by atoms with Crippen molar-refractivity contribution in [3.05, 3.63) is 0 Å². The summed E-state index contributed by atoms with van der Waals surface area (Å²) in [6.07, 6.45) is 0. The molecule has 0 radical (unpaired) electrons. The number of rotatable bonds is 0. The first-order valence-corrected chi connectivity index (χ1v) is 7.37. The standard InChI is InChI=1S/2CH5N3.4ClH.Cu/c2*2-1(3)4;;;;;/h2*(H5,2,3,4);4*1H;/q;;;;;;+2/p-2. The van der Waals surface area contributed by atoms with Gasteiger partial charge in [-0.1, -0.05) is 0 Å². The molecule has 0 amide bonds. The average molecular weight is 326 g/mol. The first-order chi connectivity index (χ1) is 5.46. The van der Waals surface area contributed by atoms with Crippen LogP contribution in [0.4, 0.5) is 0 Å². The van der Waals surface area contributed by atoms with E-state index in [9.17, 15) is 0 Å². The van der Waals surface area contributed by atoms with E-state index < -0.39 is 9.20 Å². The minimum absolute atomic E-state index is 0.0833. The van der Waals surface area contributed by atoms with Gasteiger partial charge in [0.25, 0.3) is 0 Å². The number of hydrogen-bond acceptors (Lipinski definition) is 0. The third-order valence-corrected chi connectivity index (χ3v) is 0. The summed E-state index contributed by atoms with van der Waals surface area (Å²) in [4.78, 5) is 0. The van der Waals surface area contributed by atoms with Crippen molar-refractivity contribution in [3.8, 4) is 0 Å². The molecule has 0 fully saturated rings. The molecule has 12 N–H and O–H groups in total. The summed E-state index contributed by atoms with van der Waals surface area (Å²) in [5.74, 6) is -0.167. The Kier molecular flexibility index (Phi) is 15.0. The molecule has 0 spiro atoms. The summed E-state index contributed by atoms with van der Waals surface area (Å²) >= 11 is 0. The molecule has 0 aliphatic rings. The molecule has 0 atom stereocenters. The Hall–Kier alpha value is 0.219. The quantitative estimate of drug-likeness (QED) is 0.157. The van der Waals surface area contributed by atoms with Crippen molar-refractivity contribution in [1.82, 2.24) is 0 Å². The second-order valence-electron chi connectivity index (χ2n) is 1.26. The van der Waals surface area contributed by atoms with Crippen molar-refractivity contribution in [2.45, 2.75) is 0 Å². The SMILES string of the molecule is NC(N)=[NH2+].NC(N)=[NH2+].[Cl][Cu-2]([Cl])([Cl])[Cl]. The van der Waals surface area contributed by atoms with Gasteiger partial charge in [-0.25, -0.2) is 0 Å². The first kappa shape index (κ1) is 18.9. The van der Waals surface area contributed by atoms with Crippen molar-refractivity contribution in [2.75, 3.05) is 0 Å². The molecule has 0 heterocycles. The van der Waals surface area contributed by atoms with Crippen LogP contribution in [-0.2, 0) is 9.20 Å². The Balaban J connectivity index is -0.000000117. The molecule has 11 heteroatoms. The molecule has 0 aliphatic heterocycles. The van der Waals surface area contributed by atoms with Crippen LogP contribution in [0.3, 0.4) is 0 Å². The summed E-state index contributed by atoms with van der Waals surface area (Å²) in [7, 11) is 17.4. The maximum atomic E-state index is 4.90. The van der Waals surface area contributed by atoms with Crippen LogP contribution in [0.1, 0.15) is 0 Å². The molecule has 0 rings (SSSR count). The molecule has 0 bridgehead atoms. The molecular formula is C2H12Cl4CuN6. The van der Waals surface area contributed by atoms with Crippen molar-refractivity contribution in [1.29, 1.82) is 0 Å². The Labute approximate surface area is 94.9 Å². The van der Waals surface area contributed by atoms with E-state index >= 15 is 0 Å². The van der Waals surface area contributed by atoms with Crippen LogP contribution in [0.15, 0.2) is 0 Å². The van der Waals surface area contributed by atoms with E-state index in [1.165, 1.54) is 0 Å². The number of hydrogen-bond donors (Lipinski definition) is 6. The van der Waals surface area contributed by atoms with E-state index in [-0.39, 0.29) is 11.9 Å². The predicted octanol–water partition coefficient (Wildman–Crippen LogP) is -3.21. The van der Waals surface area contributed by atoms with Crippen molar-refractivity contribution in [3.63, 3.8) is 0 Å². The zero-order chi connectivity index (χ0) is 11.7. The van der Waals surface area contributed by atoms with Crippen LogP contribution in [-0.4, -0.2) is 11.9 Å². The second-order valence-corrected chi connectivity index (χ2v) is 10.6. The number of nitrogens with two attached hydrogens (primary N) is 6. The van der Waals surface area contributed by atoms with Crippen molar-refractivity contribution >= 4 is 52.3 Å². The Morgan fingerprint density at radius 2 is 0.769 bits per heavy atom. The zero-order valence-electron chi connectivity index (χ0n) is 6.28. The van der Waals surface area contributed by atoms with Crippen LogP contribution < -0.4 is 33.8 Å². The van der Waals surface area contributed by atoms with E-state index in [0.717, 1.165) is 0 Å². The molecule has 13 heavy (non-hydrogen) atoms. The van der Waals surface area contributed by atoms with E-state index in [1.807, 2.05) is 0 Å². The molecule has 89 valence electrons. The summed E-state index contributed by atoms with van der Waals surface area (Å²) in [5, 5.41) is 9.17. The number of halogens is 4. The van der Waals surface area contributed by atoms with Gasteiger partial charge in [0, 0.05) is 0 Å². The summed E-state index contributed by atoms with van der Waals surface area (Å²) in [5.41, 5.74) is 18.3. The molecule has 0 aliphatic carbocycles. The van der Waals surface area contributed by atoms with Gasteiger partial charge in [-0.2, -0.15) is 0 Å². The van der Waals surface area contributed by atoms with Gasteiger partial charge in [0.1, 0.15) is 0 Å². The molecule has 0 unspecified atom stereocenters. The first-order valence-electron chi connectivity index (χ1n) is 2.19. The Morgan fingerprint density at radius 1 is 0.769 bits per heavy atom. The molecular weight excluding hydrogens is 313 g/mol. The van der Waals surface area contributed by atoms with Crippen LogP contribution in [0.25, 0.3) is 0 Å². The summed E-state index contributed by atoms with van der Waals surface area (Å²) in [6, 6.07) is 0.